The third-order valence-electron chi connectivity index (χ3n) is 4.88. The molecule has 2 aliphatic rings. The van der Waals surface area contributed by atoms with Gasteiger partial charge >= 0.3 is 6.18 Å². The molecule has 4 nitrogen and oxygen atoms in total. The number of methoxy groups -OCH3 is 1. The first-order valence-electron chi connectivity index (χ1n) is 8.79. The second-order valence-corrected chi connectivity index (χ2v) is 6.58. The molecule has 0 amide bonds. The van der Waals surface area contributed by atoms with Crippen LogP contribution in [-0.4, -0.2) is 23.7 Å². The average Bonchev–Trinajstić information content (AvgIpc) is 2.67. The van der Waals surface area contributed by atoms with E-state index < -0.39 is 58.3 Å². The van der Waals surface area contributed by atoms with Crippen LogP contribution in [-0.2, 0) is 22.2 Å². The molecule has 1 aromatic heterocycles. The van der Waals surface area contributed by atoms with E-state index in [0.29, 0.717) is 6.07 Å². The number of hydrogen-bond acceptors (Lipinski definition) is 4. The zero-order chi connectivity index (χ0) is 21.5. The van der Waals surface area contributed by atoms with E-state index in [2.05, 4.69) is 9.72 Å². The molecule has 0 aromatic carbocycles. The first-order chi connectivity index (χ1) is 13.6. The summed E-state index contributed by atoms with van der Waals surface area (Å²) in [6, 6.07) is 0.717. The lowest BCUT2D eigenvalue weighted by atomic mass is 9.76. The number of carbonyl (C=O) groups excluding carboxylic acids is 2. The number of hydrogen-bond donors (Lipinski definition) is 0. The number of ether oxygens (including phenoxy) is 1. The summed E-state index contributed by atoms with van der Waals surface area (Å²) in [5, 5.41) is 0. The molecule has 154 valence electrons. The van der Waals surface area contributed by atoms with E-state index in [1.807, 2.05) is 0 Å². The van der Waals surface area contributed by atoms with Crippen molar-refractivity contribution < 1.29 is 36.3 Å². The second kappa shape index (κ2) is 7.53. The number of carbonyl (C=O) groups is 2. The van der Waals surface area contributed by atoms with Gasteiger partial charge in [-0.3, -0.25) is 14.6 Å². The summed E-state index contributed by atoms with van der Waals surface area (Å²) in [5.41, 5.74) is -2.66. The number of fused-ring (bicyclic) bond motifs is 1. The van der Waals surface area contributed by atoms with E-state index in [1.165, 1.54) is 0 Å². The van der Waals surface area contributed by atoms with Gasteiger partial charge in [0, 0.05) is 36.1 Å². The first kappa shape index (κ1) is 20.9. The van der Waals surface area contributed by atoms with E-state index in [1.54, 1.807) is 6.92 Å². The molecule has 0 atom stereocenters. The molecular formula is C20H16F5NO3. The molecule has 0 unspecified atom stereocenters. The van der Waals surface area contributed by atoms with Crippen LogP contribution in [0.2, 0.25) is 0 Å². The van der Waals surface area contributed by atoms with Crippen molar-refractivity contribution in [2.75, 3.05) is 7.11 Å². The third-order valence-corrected chi connectivity index (χ3v) is 4.88. The van der Waals surface area contributed by atoms with Gasteiger partial charge in [-0.2, -0.15) is 13.2 Å². The lowest BCUT2D eigenvalue weighted by Gasteiger charge is -2.26. The van der Waals surface area contributed by atoms with E-state index in [0.717, 1.165) is 13.3 Å². The Labute approximate surface area is 162 Å². The normalized spacial score (nSPS) is 17.9. The quantitative estimate of drug-likeness (QED) is 0.669. The SMILES string of the molecule is CCC1=C(Cc2cc(C(F)(F)F)c(OC)cn2)C(=O)C2=C(F)CCC(F)=C2C1=O. The van der Waals surface area contributed by atoms with Gasteiger partial charge in [0.2, 0.25) is 0 Å². The molecule has 3 rings (SSSR count). The predicted molar refractivity (Wildman–Crippen MR) is 92.3 cm³/mol. The third kappa shape index (κ3) is 3.61. The first-order valence-corrected chi connectivity index (χ1v) is 8.79. The highest BCUT2D eigenvalue weighted by Gasteiger charge is 2.41. The smallest absolute Gasteiger partial charge is 0.420 e. The van der Waals surface area contributed by atoms with Crippen molar-refractivity contribution in [3.05, 3.63) is 57.5 Å². The summed E-state index contributed by atoms with van der Waals surface area (Å²) in [6.45, 7) is 1.55. The topological polar surface area (TPSA) is 56.3 Å². The fourth-order valence-electron chi connectivity index (χ4n) is 3.50. The van der Waals surface area contributed by atoms with Crippen LogP contribution in [0.3, 0.4) is 0 Å². The minimum Gasteiger partial charge on any atom is -0.495 e. The van der Waals surface area contributed by atoms with Crippen LogP contribution in [0.25, 0.3) is 0 Å². The van der Waals surface area contributed by atoms with Gasteiger partial charge in [-0.25, -0.2) is 8.78 Å². The van der Waals surface area contributed by atoms with Gasteiger partial charge in [0.05, 0.1) is 24.5 Å². The molecule has 0 N–H and O–H groups in total. The van der Waals surface area contributed by atoms with Crippen molar-refractivity contribution in [2.24, 2.45) is 0 Å². The van der Waals surface area contributed by atoms with Crippen molar-refractivity contribution in [3.8, 4) is 5.75 Å². The maximum absolute atomic E-state index is 14.3. The van der Waals surface area contributed by atoms with Gasteiger partial charge in [-0.05, 0) is 12.5 Å². The summed E-state index contributed by atoms with van der Waals surface area (Å²) >= 11 is 0. The lowest BCUT2D eigenvalue weighted by molar-refractivity contribution is -0.138. The Morgan fingerprint density at radius 2 is 1.59 bits per heavy atom. The molecule has 0 bridgehead atoms. The zero-order valence-corrected chi connectivity index (χ0v) is 15.5. The molecule has 29 heavy (non-hydrogen) atoms. The Hall–Kier alpha value is -2.84. The molecule has 2 aliphatic carbocycles. The van der Waals surface area contributed by atoms with Crippen LogP contribution in [0.5, 0.6) is 5.75 Å². The van der Waals surface area contributed by atoms with Gasteiger partial charge < -0.3 is 4.74 Å². The van der Waals surface area contributed by atoms with Gasteiger partial charge in [0.25, 0.3) is 0 Å². The Morgan fingerprint density at radius 1 is 1.03 bits per heavy atom. The number of alkyl halides is 3. The van der Waals surface area contributed by atoms with Crippen molar-refractivity contribution in [3.63, 3.8) is 0 Å². The van der Waals surface area contributed by atoms with Crippen LogP contribution in [0.15, 0.2) is 46.2 Å². The number of halogens is 5. The highest BCUT2D eigenvalue weighted by molar-refractivity contribution is 6.30. The Balaban J connectivity index is 2.12. The number of aromatic nitrogens is 1. The molecule has 1 heterocycles. The second-order valence-electron chi connectivity index (χ2n) is 6.58. The minimum absolute atomic E-state index is 0.0356. The summed E-state index contributed by atoms with van der Waals surface area (Å²) in [4.78, 5) is 29.4. The molecule has 9 heteroatoms. The highest BCUT2D eigenvalue weighted by atomic mass is 19.4. The zero-order valence-electron chi connectivity index (χ0n) is 15.5. The largest absolute Gasteiger partial charge is 0.495 e. The molecular weight excluding hydrogens is 397 g/mol. The Morgan fingerprint density at radius 3 is 2.07 bits per heavy atom. The summed E-state index contributed by atoms with van der Waals surface area (Å²) in [7, 11) is 1.06. The molecule has 0 saturated heterocycles. The van der Waals surface area contributed by atoms with Crippen LogP contribution in [0.4, 0.5) is 22.0 Å². The van der Waals surface area contributed by atoms with Crippen molar-refractivity contribution in [1.29, 1.82) is 0 Å². The number of pyridine rings is 1. The van der Waals surface area contributed by atoms with Gasteiger partial charge in [0.1, 0.15) is 23.0 Å². The summed E-state index contributed by atoms with van der Waals surface area (Å²) in [6.07, 6.45) is -4.91. The van der Waals surface area contributed by atoms with Crippen LogP contribution < -0.4 is 4.74 Å². The van der Waals surface area contributed by atoms with Crippen molar-refractivity contribution in [1.82, 2.24) is 4.98 Å². The Kier molecular flexibility index (Phi) is 5.42. The minimum atomic E-state index is -4.73. The van der Waals surface area contributed by atoms with E-state index >= 15 is 0 Å². The molecule has 0 saturated carbocycles. The van der Waals surface area contributed by atoms with Crippen molar-refractivity contribution in [2.45, 2.75) is 38.8 Å². The van der Waals surface area contributed by atoms with E-state index in [-0.39, 0.29) is 36.1 Å². The molecule has 0 fully saturated rings. The molecule has 1 aromatic rings. The van der Waals surface area contributed by atoms with Crippen LogP contribution in [0, 0.1) is 0 Å². The van der Waals surface area contributed by atoms with Gasteiger partial charge in [-0.1, -0.05) is 6.92 Å². The predicted octanol–water partition coefficient (Wildman–Crippen LogP) is 4.75. The maximum atomic E-state index is 14.3. The van der Waals surface area contributed by atoms with Crippen LogP contribution >= 0.6 is 0 Å². The molecule has 0 spiro atoms. The van der Waals surface area contributed by atoms with E-state index in [4.69, 9.17) is 0 Å². The van der Waals surface area contributed by atoms with Gasteiger partial charge in [0.15, 0.2) is 11.6 Å². The van der Waals surface area contributed by atoms with E-state index in [9.17, 15) is 31.5 Å². The number of ketones is 2. The number of Topliss-reactive ketones (excluding diaryl/α,β-unsaturated/α-hetero) is 2. The summed E-state index contributed by atoms with van der Waals surface area (Å²) in [5.74, 6) is -3.95. The van der Waals surface area contributed by atoms with Crippen molar-refractivity contribution >= 4 is 11.6 Å². The molecule has 0 aliphatic heterocycles. The van der Waals surface area contributed by atoms with Gasteiger partial charge in [-0.15, -0.1) is 0 Å². The number of nitrogens with zero attached hydrogens (tertiary/aromatic N) is 1. The average molecular weight is 413 g/mol. The fraction of sp³-hybridized carbons (Fsp3) is 0.350. The monoisotopic (exact) mass is 413 g/mol. The standard InChI is InChI=1S/C20H16F5NO3/c1-3-10-11(6-9-7-12(20(23,24)25)15(29-2)8-26-9)19(28)17-14(22)5-4-13(21)16(17)18(10)27/h7-8H,3-6H2,1-2H3. The highest BCUT2D eigenvalue weighted by Crippen LogP contribution is 2.41. The Bertz CT molecular complexity index is 1000. The number of rotatable bonds is 4. The lowest BCUT2D eigenvalue weighted by Crippen LogP contribution is -2.29. The maximum Gasteiger partial charge on any atom is 0.420 e. The summed E-state index contributed by atoms with van der Waals surface area (Å²) < 4.78 is 72.9. The fourth-order valence-corrected chi connectivity index (χ4v) is 3.50. The molecule has 0 radical (unpaired) electrons. The number of allylic oxidation sites excluding steroid dienone is 6. The van der Waals surface area contributed by atoms with Crippen LogP contribution in [0.1, 0.15) is 37.4 Å².